The highest BCUT2D eigenvalue weighted by Crippen LogP contribution is 2.52. The second-order valence-electron chi connectivity index (χ2n) is 5.70. The molecule has 1 aliphatic rings. The molecule has 0 saturated carbocycles. The minimum Gasteiger partial charge on any atom is -0.479 e. The predicted molar refractivity (Wildman–Crippen MR) is 100 cm³/mol. The molecule has 1 aromatic heterocycles. The van der Waals surface area contributed by atoms with Gasteiger partial charge in [-0.15, -0.1) is 0 Å². The van der Waals surface area contributed by atoms with E-state index in [-0.39, 0.29) is 33.6 Å². The third kappa shape index (κ3) is 3.76. The molecule has 0 fully saturated rings. The summed E-state index contributed by atoms with van der Waals surface area (Å²) in [6, 6.07) is 3.41. The lowest BCUT2D eigenvalue weighted by molar-refractivity contribution is -0.114. The molecule has 2 aromatic rings. The number of hydrogen-bond acceptors (Lipinski definition) is 9. The number of primary amides is 1. The molecule has 1 aromatic carbocycles. The first-order valence-corrected chi connectivity index (χ1v) is 9.56. The zero-order valence-corrected chi connectivity index (χ0v) is 15.8. The summed E-state index contributed by atoms with van der Waals surface area (Å²) in [6.45, 7) is -0.771. The van der Waals surface area contributed by atoms with E-state index in [1.165, 1.54) is 17.2 Å². The highest BCUT2D eigenvalue weighted by molar-refractivity contribution is 8.03. The van der Waals surface area contributed by atoms with Gasteiger partial charge >= 0.3 is 0 Å². The molecule has 0 radical (unpaired) electrons. The first-order valence-electron chi connectivity index (χ1n) is 7.90. The second-order valence-corrected chi connectivity index (χ2v) is 7.58. The van der Waals surface area contributed by atoms with Gasteiger partial charge in [0.25, 0.3) is 5.91 Å². The number of aliphatic hydroxyl groups is 2. The quantitative estimate of drug-likeness (QED) is 0.511. The van der Waals surface area contributed by atoms with E-state index >= 15 is 0 Å². The van der Waals surface area contributed by atoms with E-state index < -0.39 is 35.6 Å². The Kier molecular flexibility index (Phi) is 6.03. The Morgan fingerprint density at radius 2 is 2.07 bits per heavy atom. The van der Waals surface area contributed by atoms with E-state index in [1.54, 1.807) is 0 Å². The Morgan fingerprint density at radius 1 is 1.39 bits per heavy atom. The van der Waals surface area contributed by atoms with Crippen molar-refractivity contribution in [2.24, 2.45) is 11.5 Å². The molecule has 0 spiro atoms. The number of carbonyl (C=O) groups is 1. The lowest BCUT2D eigenvalue weighted by atomic mass is 10.1. The first-order chi connectivity index (χ1) is 13.3. The van der Waals surface area contributed by atoms with Crippen LogP contribution in [0.15, 0.2) is 35.1 Å². The number of anilines is 1. The van der Waals surface area contributed by atoms with Gasteiger partial charge in [0.15, 0.2) is 0 Å². The number of benzene rings is 1. The molecule has 1 aliphatic heterocycles. The van der Waals surface area contributed by atoms with Crippen molar-refractivity contribution >= 4 is 34.9 Å². The predicted octanol–water partition coefficient (Wildman–Crippen LogP) is 1.02. The van der Waals surface area contributed by atoms with Crippen LogP contribution < -0.4 is 21.1 Å². The van der Waals surface area contributed by atoms with Crippen molar-refractivity contribution < 1.29 is 28.5 Å². The SMILES string of the molecule is NC(=O)C1=C(N)SC(c2c(F)cccc2F)N1c1cnsc1OCC(O)CO. The second kappa shape index (κ2) is 8.31. The zero-order chi connectivity index (χ0) is 20.4. The fourth-order valence-electron chi connectivity index (χ4n) is 2.60. The Labute approximate surface area is 166 Å². The molecular weight excluding hydrogens is 414 g/mol. The summed E-state index contributed by atoms with van der Waals surface area (Å²) in [5, 5.41) is 17.5. The fraction of sp³-hybridized carbons (Fsp3) is 0.250. The van der Waals surface area contributed by atoms with Crippen LogP contribution in [0.1, 0.15) is 10.9 Å². The molecule has 0 saturated heterocycles. The average molecular weight is 430 g/mol. The monoisotopic (exact) mass is 430 g/mol. The lowest BCUT2D eigenvalue weighted by Crippen LogP contribution is -2.32. The van der Waals surface area contributed by atoms with Gasteiger partial charge in [0.2, 0.25) is 5.06 Å². The Balaban J connectivity index is 2.06. The molecule has 2 heterocycles. The van der Waals surface area contributed by atoms with Crippen LogP contribution in [-0.4, -0.2) is 39.8 Å². The molecule has 2 unspecified atom stereocenters. The van der Waals surface area contributed by atoms with Gasteiger partial charge in [-0.25, -0.2) is 8.78 Å². The van der Waals surface area contributed by atoms with Crippen LogP contribution in [0.25, 0.3) is 0 Å². The summed E-state index contributed by atoms with van der Waals surface area (Å²) >= 11 is 1.75. The third-order valence-electron chi connectivity index (χ3n) is 3.82. The van der Waals surface area contributed by atoms with Gasteiger partial charge in [-0.05, 0) is 12.1 Å². The van der Waals surface area contributed by atoms with Crippen molar-refractivity contribution in [1.29, 1.82) is 0 Å². The maximum absolute atomic E-state index is 14.4. The minimum absolute atomic E-state index is 0.00676. The number of rotatable bonds is 7. The van der Waals surface area contributed by atoms with Crippen LogP contribution >= 0.6 is 23.3 Å². The molecule has 150 valence electrons. The largest absolute Gasteiger partial charge is 0.479 e. The van der Waals surface area contributed by atoms with Gasteiger partial charge in [0.05, 0.1) is 23.4 Å². The van der Waals surface area contributed by atoms with Crippen molar-refractivity contribution in [3.8, 4) is 5.06 Å². The van der Waals surface area contributed by atoms with Crippen LogP contribution in [0.3, 0.4) is 0 Å². The minimum atomic E-state index is -1.14. The number of carbonyl (C=O) groups excluding carboxylic acids is 1. The average Bonchev–Trinajstić information content (AvgIpc) is 3.23. The van der Waals surface area contributed by atoms with Crippen LogP contribution in [0, 0.1) is 11.6 Å². The fourth-order valence-corrected chi connectivity index (χ4v) is 4.43. The molecular formula is C16H16F2N4O4S2. The van der Waals surface area contributed by atoms with Gasteiger partial charge in [-0.2, -0.15) is 4.37 Å². The summed E-state index contributed by atoms with van der Waals surface area (Å²) in [4.78, 5) is 13.3. The maximum Gasteiger partial charge on any atom is 0.268 e. The molecule has 1 amide bonds. The summed E-state index contributed by atoms with van der Waals surface area (Å²) in [5.74, 6) is -2.53. The van der Waals surface area contributed by atoms with Crippen LogP contribution in [0.5, 0.6) is 5.06 Å². The maximum atomic E-state index is 14.4. The number of aliphatic hydroxyl groups excluding tert-OH is 2. The summed E-state index contributed by atoms with van der Waals surface area (Å²) in [6.07, 6.45) is 0.193. The number of halogens is 2. The number of nitrogens with two attached hydrogens (primary N) is 2. The highest BCUT2D eigenvalue weighted by Gasteiger charge is 2.41. The molecule has 28 heavy (non-hydrogen) atoms. The van der Waals surface area contributed by atoms with E-state index in [0.717, 1.165) is 35.4 Å². The number of hydrogen-bond donors (Lipinski definition) is 4. The van der Waals surface area contributed by atoms with Crippen molar-refractivity contribution in [3.63, 3.8) is 0 Å². The van der Waals surface area contributed by atoms with Crippen molar-refractivity contribution in [2.75, 3.05) is 18.1 Å². The molecule has 6 N–H and O–H groups in total. The van der Waals surface area contributed by atoms with Crippen LogP contribution in [0.4, 0.5) is 14.5 Å². The smallest absolute Gasteiger partial charge is 0.268 e. The number of thioether (sulfide) groups is 1. The van der Waals surface area contributed by atoms with Gasteiger partial charge in [0.1, 0.15) is 41.1 Å². The molecule has 3 rings (SSSR count). The van der Waals surface area contributed by atoms with Gasteiger partial charge in [-0.3, -0.25) is 4.79 Å². The summed E-state index contributed by atoms with van der Waals surface area (Å²) < 4.78 is 38.2. The van der Waals surface area contributed by atoms with E-state index in [4.69, 9.17) is 21.3 Å². The lowest BCUT2D eigenvalue weighted by Gasteiger charge is -2.27. The Hall–Kier alpha value is -2.41. The van der Waals surface area contributed by atoms with Crippen molar-refractivity contribution in [2.45, 2.75) is 11.5 Å². The Morgan fingerprint density at radius 3 is 2.68 bits per heavy atom. The standard InChI is InChI=1S/C16H16F2N4O4S2/c17-8-2-1-3-9(18)11(8)15-22(12(13(19)25)14(20)27-15)10-4-21-28-16(10)26-6-7(24)5-23/h1-4,7,15,23-24H,5-6,20H2,(H2,19,25). The van der Waals surface area contributed by atoms with E-state index in [2.05, 4.69) is 4.37 Å². The zero-order valence-electron chi connectivity index (χ0n) is 14.2. The van der Waals surface area contributed by atoms with Crippen LogP contribution in [0.2, 0.25) is 0 Å². The summed E-state index contributed by atoms with van der Waals surface area (Å²) in [7, 11) is 0. The highest BCUT2D eigenvalue weighted by atomic mass is 32.2. The third-order valence-corrected chi connectivity index (χ3v) is 5.64. The van der Waals surface area contributed by atoms with Gasteiger partial charge in [0, 0.05) is 11.5 Å². The van der Waals surface area contributed by atoms with Gasteiger partial charge in [-0.1, -0.05) is 17.8 Å². The molecule has 2 atom stereocenters. The van der Waals surface area contributed by atoms with E-state index in [1.807, 2.05) is 0 Å². The molecule has 12 heteroatoms. The van der Waals surface area contributed by atoms with E-state index in [0.29, 0.717) is 0 Å². The molecule has 0 bridgehead atoms. The number of amides is 1. The van der Waals surface area contributed by atoms with Gasteiger partial charge < -0.3 is 31.3 Å². The normalized spacial score (nSPS) is 17.9. The van der Waals surface area contributed by atoms with Crippen molar-refractivity contribution in [1.82, 2.24) is 4.37 Å². The number of aromatic nitrogens is 1. The number of nitrogens with zero attached hydrogens (tertiary/aromatic N) is 2. The van der Waals surface area contributed by atoms with Crippen molar-refractivity contribution in [3.05, 3.63) is 52.3 Å². The number of ether oxygens (including phenoxy) is 1. The molecule has 8 nitrogen and oxygen atoms in total. The first kappa shape index (κ1) is 20.3. The summed E-state index contributed by atoms with van der Waals surface area (Å²) in [5.41, 5.74) is 11.1. The molecule has 0 aliphatic carbocycles. The van der Waals surface area contributed by atoms with Crippen LogP contribution in [-0.2, 0) is 4.79 Å². The Bertz CT molecular complexity index is 904. The van der Waals surface area contributed by atoms with E-state index in [9.17, 15) is 18.7 Å². The topological polar surface area (TPSA) is 135 Å².